The van der Waals surface area contributed by atoms with E-state index in [9.17, 15) is 8.42 Å². The third-order valence-electron chi connectivity index (χ3n) is 3.13. The highest BCUT2D eigenvalue weighted by Gasteiger charge is 2.26. The van der Waals surface area contributed by atoms with Crippen molar-refractivity contribution < 1.29 is 18.3 Å². The van der Waals surface area contributed by atoms with E-state index in [1.165, 1.54) is 19.2 Å². The topological polar surface area (TPSA) is 75.6 Å². The Morgan fingerprint density at radius 1 is 1.44 bits per heavy atom. The second-order valence-corrected chi connectivity index (χ2v) is 6.07. The Balaban J connectivity index is 2.30. The number of nitrogens with one attached hydrogen (secondary N) is 1. The molecule has 0 amide bonds. The van der Waals surface area contributed by atoms with Crippen LogP contribution >= 0.6 is 0 Å². The third kappa shape index (κ3) is 2.66. The van der Waals surface area contributed by atoms with Crippen LogP contribution in [0.5, 0.6) is 5.75 Å². The zero-order valence-corrected chi connectivity index (χ0v) is 11.0. The summed E-state index contributed by atoms with van der Waals surface area (Å²) < 4.78 is 32.1. The Bertz CT molecular complexity index is 523. The number of ether oxygens (including phenoxy) is 1. The SMILES string of the molecule is COc1cc(CO)ccc1S(=O)(=O)NC1CCC1. The van der Waals surface area contributed by atoms with Crippen LogP contribution < -0.4 is 9.46 Å². The van der Waals surface area contributed by atoms with Gasteiger partial charge in [0, 0.05) is 6.04 Å². The summed E-state index contributed by atoms with van der Waals surface area (Å²) in [5.41, 5.74) is 0.620. The number of hydrogen-bond acceptors (Lipinski definition) is 4. The lowest BCUT2D eigenvalue weighted by Crippen LogP contribution is -2.39. The molecule has 0 aromatic heterocycles. The van der Waals surface area contributed by atoms with Crippen molar-refractivity contribution in [3.63, 3.8) is 0 Å². The molecular formula is C12H17NO4S. The van der Waals surface area contributed by atoms with E-state index in [1.54, 1.807) is 6.07 Å². The number of methoxy groups -OCH3 is 1. The Morgan fingerprint density at radius 3 is 2.67 bits per heavy atom. The summed E-state index contributed by atoms with van der Waals surface area (Å²) in [5.74, 6) is 0.258. The molecule has 0 heterocycles. The van der Waals surface area contributed by atoms with E-state index in [0.29, 0.717) is 5.56 Å². The third-order valence-corrected chi connectivity index (χ3v) is 4.69. The number of benzene rings is 1. The van der Waals surface area contributed by atoms with Gasteiger partial charge < -0.3 is 9.84 Å². The number of aliphatic hydroxyl groups excluding tert-OH is 1. The highest BCUT2D eigenvalue weighted by molar-refractivity contribution is 7.89. The lowest BCUT2D eigenvalue weighted by atomic mass is 9.94. The first-order valence-electron chi connectivity index (χ1n) is 5.87. The average molecular weight is 271 g/mol. The summed E-state index contributed by atoms with van der Waals surface area (Å²) in [6.45, 7) is -0.146. The molecule has 0 aliphatic heterocycles. The normalized spacial score (nSPS) is 16.3. The van der Waals surface area contributed by atoms with Gasteiger partial charge in [0.25, 0.3) is 0 Å². The molecular weight excluding hydrogens is 254 g/mol. The average Bonchev–Trinajstić information content (AvgIpc) is 2.33. The summed E-state index contributed by atoms with van der Waals surface area (Å²) in [6.07, 6.45) is 2.83. The second-order valence-electron chi connectivity index (χ2n) is 4.39. The summed E-state index contributed by atoms with van der Waals surface area (Å²) in [6, 6.07) is 4.62. The first kappa shape index (κ1) is 13.3. The summed E-state index contributed by atoms with van der Waals surface area (Å²) in [7, 11) is -2.13. The van der Waals surface area contributed by atoms with E-state index in [-0.39, 0.29) is 23.3 Å². The van der Waals surface area contributed by atoms with Crippen molar-refractivity contribution in [2.45, 2.75) is 36.8 Å². The van der Waals surface area contributed by atoms with Crippen molar-refractivity contribution >= 4 is 10.0 Å². The van der Waals surface area contributed by atoms with Crippen LogP contribution in [0.1, 0.15) is 24.8 Å². The van der Waals surface area contributed by atoms with E-state index in [4.69, 9.17) is 9.84 Å². The predicted octanol–water partition coefficient (Wildman–Crippen LogP) is 1.02. The molecule has 0 unspecified atom stereocenters. The maximum Gasteiger partial charge on any atom is 0.244 e. The van der Waals surface area contributed by atoms with Crippen molar-refractivity contribution in [3.8, 4) is 5.75 Å². The molecule has 0 spiro atoms. The lowest BCUT2D eigenvalue weighted by molar-refractivity contribution is 0.280. The first-order valence-corrected chi connectivity index (χ1v) is 7.35. The molecule has 1 aromatic carbocycles. The molecule has 2 rings (SSSR count). The van der Waals surface area contributed by atoms with Crippen LogP contribution in [-0.2, 0) is 16.6 Å². The zero-order chi connectivity index (χ0) is 13.2. The Labute approximate surface area is 107 Å². The van der Waals surface area contributed by atoms with E-state index in [1.807, 2.05) is 0 Å². The largest absolute Gasteiger partial charge is 0.495 e. The lowest BCUT2D eigenvalue weighted by Gasteiger charge is -2.26. The van der Waals surface area contributed by atoms with Crippen LogP contribution in [0.4, 0.5) is 0 Å². The quantitative estimate of drug-likeness (QED) is 0.838. The van der Waals surface area contributed by atoms with Crippen LogP contribution in [0.25, 0.3) is 0 Å². The van der Waals surface area contributed by atoms with Crippen LogP contribution in [-0.4, -0.2) is 26.7 Å². The van der Waals surface area contributed by atoms with E-state index >= 15 is 0 Å². The van der Waals surface area contributed by atoms with Gasteiger partial charge in [0.15, 0.2) is 0 Å². The second kappa shape index (κ2) is 5.26. The van der Waals surface area contributed by atoms with Gasteiger partial charge in [-0.25, -0.2) is 13.1 Å². The molecule has 1 aliphatic rings. The van der Waals surface area contributed by atoms with E-state index in [0.717, 1.165) is 19.3 Å². The molecule has 1 aliphatic carbocycles. The minimum Gasteiger partial charge on any atom is -0.495 e. The molecule has 0 saturated heterocycles. The van der Waals surface area contributed by atoms with Gasteiger partial charge in [-0.05, 0) is 30.5 Å². The van der Waals surface area contributed by atoms with Crippen molar-refractivity contribution in [1.82, 2.24) is 4.72 Å². The van der Waals surface area contributed by atoms with Gasteiger partial charge in [-0.3, -0.25) is 0 Å². The molecule has 1 aromatic rings. The summed E-state index contributed by atoms with van der Waals surface area (Å²) in [5, 5.41) is 9.02. The molecule has 5 nitrogen and oxygen atoms in total. The van der Waals surface area contributed by atoms with E-state index in [2.05, 4.69) is 4.72 Å². The van der Waals surface area contributed by atoms with Gasteiger partial charge in [-0.15, -0.1) is 0 Å². The number of hydrogen-bond donors (Lipinski definition) is 2. The van der Waals surface area contributed by atoms with Crippen LogP contribution in [0.2, 0.25) is 0 Å². The predicted molar refractivity (Wildman–Crippen MR) is 66.9 cm³/mol. The van der Waals surface area contributed by atoms with Gasteiger partial charge in [0.05, 0.1) is 13.7 Å². The van der Waals surface area contributed by atoms with Crippen molar-refractivity contribution in [3.05, 3.63) is 23.8 Å². The Morgan fingerprint density at radius 2 is 2.17 bits per heavy atom. The first-order chi connectivity index (χ1) is 8.56. The fraction of sp³-hybridized carbons (Fsp3) is 0.500. The smallest absolute Gasteiger partial charge is 0.244 e. The van der Waals surface area contributed by atoms with Crippen molar-refractivity contribution in [1.29, 1.82) is 0 Å². The van der Waals surface area contributed by atoms with Gasteiger partial charge in [0.1, 0.15) is 10.6 Å². The molecule has 2 N–H and O–H groups in total. The van der Waals surface area contributed by atoms with Crippen molar-refractivity contribution in [2.75, 3.05) is 7.11 Å². The van der Waals surface area contributed by atoms with Gasteiger partial charge in [-0.1, -0.05) is 12.5 Å². The zero-order valence-electron chi connectivity index (χ0n) is 10.2. The Kier molecular flexibility index (Phi) is 3.89. The molecule has 0 atom stereocenters. The highest BCUT2D eigenvalue weighted by Crippen LogP contribution is 2.27. The van der Waals surface area contributed by atoms with Crippen LogP contribution in [0, 0.1) is 0 Å². The van der Waals surface area contributed by atoms with E-state index < -0.39 is 10.0 Å². The van der Waals surface area contributed by atoms with Gasteiger partial charge in [0.2, 0.25) is 10.0 Å². The molecule has 0 radical (unpaired) electrons. The summed E-state index contributed by atoms with van der Waals surface area (Å²) in [4.78, 5) is 0.120. The fourth-order valence-corrected chi connectivity index (χ4v) is 3.30. The Hall–Kier alpha value is -1.11. The molecule has 1 saturated carbocycles. The van der Waals surface area contributed by atoms with Gasteiger partial charge in [-0.2, -0.15) is 0 Å². The molecule has 6 heteroatoms. The minimum absolute atomic E-state index is 0.0391. The number of rotatable bonds is 5. The van der Waals surface area contributed by atoms with Crippen LogP contribution in [0.15, 0.2) is 23.1 Å². The summed E-state index contributed by atoms with van der Waals surface area (Å²) >= 11 is 0. The van der Waals surface area contributed by atoms with Gasteiger partial charge >= 0.3 is 0 Å². The molecule has 0 bridgehead atoms. The van der Waals surface area contributed by atoms with Crippen molar-refractivity contribution in [2.24, 2.45) is 0 Å². The molecule has 1 fully saturated rings. The number of sulfonamides is 1. The highest BCUT2D eigenvalue weighted by atomic mass is 32.2. The van der Waals surface area contributed by atoms with Crippen LogP contribution in [0.3, 0.4) is 0 Å². The standard InChI is InChI=1S/C12H17NO4S/c1-17-11-7-9(8-14)5-6-12(11)18(15,16)13-10-3-2-4-10/h5-7,10,13-14H,2-4,8H2,1H3. The monoisotopic (exact) mass is 271 g/mol. The number of aliphatic hydroxyl groups is 1. The molecule has 18 heavy (non-hydrogen) atoms. The maximum atomic E-state index is 12.2. The fourth-order valence-electron chi connectivity index (χ4n) is 1.84. The maximum absolute atomic E-state index is 12.2. The molecule has 100 valence electrons. The minimum atomic E-state index is -3.54.